The molecule has 3 rings (SSSR count). The summed E-state index contributed by atoms with van der Waals surface area (Å²) in [5.41, 5.74) is 5.32. The smallest absolute Gasteiger partial charge is 0.235 e. The zero-order valence-electron chi connectivity index (χ0n) is 12.0. The lowest BCUT2D eigenvalue weighted by atomic mass is 9.78. The fourth-order valence-corrected chi connectivity index (χ4v) is 3.34. The Balaban J connectivity index is 1.75. The third-order valence-corrected chi connectivity index (χ3v) is 5.26. The van der Waals surface area contributed by atoms with Gasteiger partial charge in [-0.1, -0.05) is 12.2 Å². The minimum Gasteiger partial charge on any atom is -0.392 e. The lowest BCUT2D eigenvalue weighted by molar-refractivity contribution is -0.143. The highest BCUT2D eigenvalue weighted by Crippen LogP contribution is 2.38. The van der Waals surface area contributed by atoms with Crippen LogP contribution in [0, 0.1) is 17.3 Å². The first-order valence-electron chi connectivity index (χ1n) is 7.79. The van der Waals surface area contributed by atoms with Gasteiger partial charge in [0.2, 0.25) is 5.91 Å². The highest BCUT2D eigenvalue weighted by Gasteiger charge is 2.46. The third-order valence-electron chi connectivity index (χ3n) is 4.87. The van der Waals surface area contributed by atoms with Crippen LogP contribution in [0.1, 0.15) is 38.5 Å². The van der Waals surface area contributed by atoms with Gasteiger partial charge in [0.25, 0.3) is 0 Å². The maximum absolute atomic E-state index is 13.1. The predicted octanol–water partition coefficient (Wildman–Crippen LogP) is 1.72. The number of thiocarbonyl (C=S) groups is 1. The van der Waals surface area contributed by atoms with Crippen molar-refractivity contribution < 1.29 is 9.53 Å². The summed E-state index contributed by atoms with van der Waals surface area (Å²) in [7, 11) is 0. The molecule has 1 heterocycles. The number of carbonyl (C=O) groups is 1. The van der Waals surface area contributed by atoms with E-state index in [4.69, 9.17) is 22.7 Å². The first-order chi connectivity index (χ1) is 9.62. The van der Waals surface area contributed by atoms with E-state index in [1.165, 1.54) is 25.7 Å². The van der Waals surface area contributed by atoms with Crippen LogP contribution in [-0.4, -0.2) is 42.1 Å². The maximum atomic E-state index is 13.1. The van der Waals surface area contributed by atoms with Crippen molar-refractivity contribution in [2.24, 2.45) is 23.0 Å². The largest absolute Gasteiger partial charge is 0.392 e. The molecule has 1 amide bonds. The van der Waals surface area contributed by atoms with Crippen LogP contribution in [0.15, 0.2) is 0 Å². The highest BCUT2D eigenvalue weighted by molar-refractivity contribution is 7.80. The van der Waals surface area contributed by atoms with Crippen molar-refractivity contribution in [3.05, 3.63) is 0 Å². The van der Waals surface area contributed by atoms with E-state index in [9.17, 15) is 4.79 Å². The molecule has 0 aromatic rings. The summed E-state index contributed by atoms with van der Waals surface area (Å²) in [5.74, 6) is 1.59. The van der Waals surface area contributed by atoms with E-state index in [1.807, 2.05) is 0 Å². The molecule has 2 saturated carbocycles. The van der Waals surface area contributed by atoms with Crippen LogP contribution in [0.2, 0.25) is 0 Å². The van der Waals surface area contributed by atoms with Crippen LogP contribution < -0.4 is 5.73 Å². The molecule has 0 radical (unpaired) electrons. The second-order valence-corrected chi connectivity index (χ2v) is 7.10. The van der Waals surface area contributed by atoms with Gasteiger partial charge in [-0.15, -0.1) is 0 Å². The molecule has 5 heteroatoms. The number of nitrogens with two attached hydrogens (primary N) is 1. The molecule has 1 aliphatic heterocycles. The molecule has 4 nitrogen and oxygen atoms in total. The van der Waals surface area contributed by atoms with Gasteiger partial charge in [-0.05, 0) is 50.4 Å². The van der Waals surface area contributed by atoms with Gasteiger partial charge in [0.1, 0.15) is 5.41 Å². The van der Waals surface area contributed by atoms with Gasteiger partial charge >= 0.3 is 0 Å². The molecule has 3 fully saturated rings. The Morgan fingerprint density at radius 2 is 1.65 bits per heavy atom. The highest BCUT2D eigenvalue weighted by atomic mass is 32.1. The molecule has 0 unspecified atom stereocenters. The molecule has 0 bridgehead atoms. The van der Waals surface area contributed by atoms with E-state index < -0.39 is 5.41 Å². The minimum absolute atomic E-state index is 0.173. The molecule has 0 spiro atoms. The van der Waals surface area contributed by atoms with E-state index in [0.29, 0.717) is 42.9 Å². The summed E-state index contributed by atoms with van der Waals surface area (Å²) in [6.45, 7) is 2.98. The van der Waals surface area contributed by atoms with E-state index in [1.54, 1.807) is 0 Å². The van der Waals surface area contributed by atoms with Gasteiger partial charge in [-0.3, -0.25) is 4.79 Å². The quantitative estimate of drug-likeness (QED) is 0.758. The fourth-order valence-electron chi connectivity index (χ4n) is 3.05. The van der Waals surface area contributed by atoms with Crippen LogP contribution in [0.3, 0.4) is 0 Å². The summed E-state index contributed by atoms with van der Waals surface area (Å²) in [5, 5.41) is 0. The maximum Gasteiger partial charge on any atom is 0.235 e. The second-order valence-electron chi connectivity index (χ2n) is 6.66. The Morgan fingerprint density at radius 1 is 1.15 bits per heavy atom. The second kappa shape index (κ2) is 5.60. The van der Waals surface area contributed by atoms with E-state index in [0.717, 1.165) is 13.1 Å². The molecule has 0 aromatic heterocycles. The Kier molecular flexibility index (Phi) is 4.00. The van der Waals surface area contributed by atoms with Crippen LogP contribution in [0.4, 0.5) is 0 Å². The van der Waals surface area contributed by atoms with Gasteiger partial charge in [0.05, 0.1) is 4.99 Å². The molecule has 0 aromatic carbocycles. The predicted molar refractivity (Wildman–Crippen MR) is 81.3 cm³/mol. The topological polar surface area (TPSA) is 55.6 Å². The molecule has 20 heavy (non-hydrogen) atoms. The Morgan fingerprint density at radius 3 is 2.05 bits per heavy atom. The molecule has 2 N–H and O–H groups in total. The summed E-state index contributed by atoms with van der Waals surface area (Å²) < 4.78 is 5.41. The van der Waals surface area contributed by atoms with E-state index >= 15 is 0 Å². The molecule has 3 aliphatic rings. The summed E-state index contributed by atoms with van der Waals surface area (Å²) >= 11 is 5.26. The van der Waals surface area contributed by atoms with Crippen molar-refractivity contribution in [3.63, 3.8) is 0 Å². The van der Waals surface area contributed by atoms with Gasteiger partial charge in [-0.25, -0.2) is 0 Å². The van der Waals surface area contributed by atoms with Crippen molar-refractivity contribution in [1.29, 1.82) is 0 Å². The van der Waals surface area contributed by atoms with Crippen molar-refractivity contribution in [2.75, 3.05) is 26.3 Å². The van der Waals surface area contributed by atoms with E-state index in [2.05, 4.69) is 4.90 Å². The summed E-state index contributed by atoms with van der Waals surface area (Å²) in [6, 6.07) is 0. The normalized spacial score (nSPS) is 25.2. The third kappa shape index (κ3) is 2.98. The first kappa shape index (κ1) is 14.3. The average Bonchev–Trinajstić information content (AvgIpc) is 3.33. The summed E-state index contributed by atoms with van der Waals surface area (Å²) in [6.07, 6.45) is 6.34. The van der Waals surface area contributed by atoms with Crippen molar-refractivity contribution >= 4 is 23.1 Å². The minimum atomic E-state index is -0.642. The number of hydrogen-bond acceptors (Lipinski definition) is 3. The Hall–Kier alpha value is -0.680. The van der Waals surface area contributed by atoms with Crippen molar-refractivity contribution in [3.8, 4) is 0 Å². The zero-order valence-corrected chi connectivity index (χ0v) is 12.8. The van der Waals surface area contributed by atoms with Crippen molar-refractivity contribution in [1.82, 2.24) is 4.90 Å². The van der Waals surface area contributed by atoms with Crippen LogP contribution in [0.5, 0.6) is 0 Å². The Bertz CT molecular complexity index is 385. The molecular formula is C15H24N2O2S. The van der Waals surface area contributed by atoms with Gasteiger partial charge < -0.3 is 15.4 Å². The van der Waals surface area contributed by atoms with Gasteiger partial charge in [0.15, 0.2) is 0 Å². The SMILES string of the molecule is NC(=S)C1(C(=O)N(CC2CC2)CC2CC2)CCOCC1. The lowest BCUT2D eigenvalue weighted by Crippen LogP contribution is -2.54. The number of hydrogen-bond donors (Lipinski definition) is 1. The zero-order chi connectivity index (χ0) is 14.2. The number of rotatable bonds is 6. The summed E-state index contributed by atoms with van der Waals surface area (Å²) in [4.78, 5) is 15.5. The Labute approximate surface area is 126 Å². The number of nitrogens with zero attached hydrogens (tertiary/aromatic N) is 1. The van der Waals surface area contributed by atoms with Crippen molar-refractivity contribution in [2.45, 2.75) is 38.5 Å². The van der Waals surface area contributed by atoms with Crippen LogP contribution in [-0.2, 0) is 9.53 Å². The van der Waals surface area contributed by atoms with E-state index in [-0.39, 0.29) is 5.91 Å². The molecule has 2 aliphatic carbocycles. The van der Waals surface area contributed by atoms with Crippen LogP contribution in [0.25, 0.3) is 0 Å². The number of amides is 1. The molecule has 112 valence electrons. The molecule has 1 saturated heterocycles. The number of ether oxygens (including phenoxy) is 1. The lowest BCUT2D eigenvalue weighted by Gasteiger charge is -2.39. The monoisotopic (exact) mass is 296 g/mol. The van der Waals surface area contributed by atoms with Crippen LogP contribution >= 0.6 is 12.2 Å². The standard InChI is InChI=1S/C15H24N2O2S/c16-13(20)15(5-7-19-8-6-15)14(18)17(9-11-1-2-11)10-12-3-4-12/h11-12H,1-10H2,(H2,16,20). The fraction of sp³-hybridized carbons (Fsp3) is 0.867. The molecular weight excluding hydrogens is 272 g/mol. The number of carbonyl (C=O) groups excluding carboxylic acids is 1. The average molecular weight is 296 g/mol. The first-order valence-corrected chi connectivity index (χ1v) is 8.20. The molecule has 0 atom stereocenters. The van der Waals surface area contributed by atoms with Gasteiger partial charge in [-0.2, -0.15) is 0 Å². The van der Waals surface area contributed by atoms with Gasteiger partial charge in [0, 0.05) is 26.3 Å².